The fraction of sp³-hybridized carbons (Fsp3) is 0.300. The lowest BCUT2D eigenvalue weighted by Crippen LogP contribution is -2.31. The molecule has 0 unspecified atom stereocenters. The fourth-order valence-corrected chi connectivity index (χ4v) is 4.34. The molecule has 1 atom stereocenters. The molecule has 6 heteroatoms. The molecule has 1 aliphatic rings. The van der Waals surface area contributed by atoms with Crippen molar-refractivity contribution >= 4 is 28.2 Å². The van der Waals surface area contributed by atoms with Gasteiger partial charge in [-0.05, 0) is 50.6 Å². The summed E-state index contributed by atoms with van der Waals surface area (Å²) in [7, 11) is 4.02. The van der Waals surface area contributed by atoms with E-state index in [1.54, 1.807) is 28.4 Å². The van der Waals surface area contributed by atoms with Gasteiger partial charge < -0.3 is 14.2 Å². The van der Waals surface area contributed by atoms with Crippen LogP contribution in [0.25, 0.3) is 11.0 Å². The van der Waals surface area contributed by atoms with E-state index in [9.17, 15) is 9.59 Å². The predicted molar refractivity (Wildman–Crippen MR) is 103 cm³/mol. The molecule has 0 saturated heterocycles. The average Bonchev–Trinajstić information content (AvgIpc) is 3.23. The van der Waals surface area contributed by atoms with Gasteiger partial charge in [0.1, 0.15) is 5.58 Å². The Morgan fingerprint density at radius 1 is 1.15 bits per heavy atom. The van der Waals surface area contributed by atoms with Crippen LogP contribution in [-0.4, -0.2) is 42.9 Å². The van der Waals surface area contributed by atoms with Crippen LogP contribution in [0.5, 0.6) is 0 Å². The zero-order valence-corrected chi connectivity index (χ0v) is 15.6. The van der Waals surface area contributed by atoms with Gasteiger partial charge in [-0.3, -0.25) is 9.59 Å². The highest BCUT2D eigenvalue weighted by molar-refractivity contribution is 7.10. The van der Waals surface area contributed by atoms with Crippen molar-refractivity contribution in [2.24, 2.45) is 0 Å². The quantitative estimate of drug-likeness (QED) is 0.693. The number of carbonyl (C=O) groups excluding carboxylic acids is 1. The maximum atomic E-state index is 13.2. The second kappa shape index (κ2) is 6.70. The highest BCUT2D eigenvalue weighted by Crippen LogP contribution is 2.39. The number of para-hydroxylation sites is 1. The first-order valence-electron chi connectivity index (χ1n) is 8.63. The third-order valence-corrected chi connectivity index (χ3v) is 5.61. The van der Waals surface area contributed by atoms with Crippen molar-refractivity contribution in [3.8, 4) is 0 Å². The van der Waals surface area contributed by atoms with Gasteiger partial charge >= 0.3 is 0 Å². The molecule has 0 bridgehead atoms. The number of carbonyl (C=O) groups is 1. The van der Waals surface area contributed by atoms with Crippen LogP contribution in [0.3, 0.4) is 0 Å². The van der Waals surface area contributed by atoms with Gasteiger partial charge in [0.25, 0.3) is 5.91 Å². The lowest BCUT2D eigenvalue weighted by atomic mass is 10.0. The molecule has 3 aromatic rings. The molecule has 2 aromatic heterocycles. The molecule has 0 fully saturated rings. The van der Waals surface area contributed by atoms with Crippen molar-refractivity contribution in [1.82, 2.24) is 9.80 Å². The van der Waals surface area contributed by atoms with Gasteiger partial charge in [0.2, 0.25) is 5.76 Å². The summed E-state index contributed by atoms with van der Waals surface area (Å²) in [6.45, 7) is 1.46. The van der Waals surface area contributed by atoms with E-state index in [2.05, 4.69) is 4.90 Å². The first kappa shape index (κ1) is 17.0. The first-order chi connectivity index (χ1) is 12.6. The van der Waals surface area contributed by atoms with Crippen molar-refractivity contribution in [3.63, 3.8) is 0 Å². The van der Waals surface area contributed by atoms with E-state index >= 15 is 0 Å². The largest absolute Gasteiger partial charge is 0.450 e. The van der Waals surface area contributed by atoms with E-state index in [4.69, 9.17) is 4.42 Å². The second-order valence-electron chi connectivity index (χ2n) is 6.74. The number of fused-ring (bicyclic) bond motifs is 2. The summed E-state index contributed by atoms with van der Waals surface area (Å²) >= 11 is 1.56. The van der Waals surface area contributed by atoms with Crippen molar-refractivity contribution in [1.29, 1.82) is 0 Å². The van der Waals surface area contributed by atoms with E-state index in [1.807, 2.05) is 43.7 Å². The van der Waals surface area contributed by atoms with E-state index in [0.29, 0.717) is 23.1 Å². The van der Waals surface area contributed by atoms with Crippen molar-refractivity contribution < 1.29 is 9.21 Å². The Labute approximate surface area is 155 Å². The topological polar surface area (TPSA) is 53.8 Å². The molecule has 0 aliphatic carbocycles. The molecular formula is C20H20N2O3S. The van der Waals surface area contributed by atoms with Crippen LogP contribution in [0.2, 0.25) is 0 Å². The van der Waals surface area contributed by atoms with Crippen LogP contribution in [0.15, 0.2) is 51.0 Å². The molecule has 134 valence electrons. The lowest BCUT2D eigenvalue weighted by molar-refractivity contribution is 0.0724. The van der Waals surface area contributed by atoms with Crippen LogP contribution in [0.4, 0.5) is 0 Å². The van der Waals surface area contributed by atoms with Crippen LogP contribution in [0, 0.1) is 0 Å². The number of hydrogen-bond donors (Lipinski definition) is 0. The molecule has 1 aromatic carbocycles. The van der Waals surface area contributed by atoms with Gasteiger partial charge in [-0.25, -0.2) is 0 Å². The fourth-order valence-electron chi connectivity index (χ4n) is 3.50. The molecule has 1 amide bonds. The summed E-state index contributed by atoms with van der Waals surface area (Å²) in [5.41, 5.74) is 0.828. The zero-order chi connectivity index (χ0) is 18.3. The van der Waals surface area contributed by atoms with Gasteiger partial charge in [-0.1, -0.05) is 18.2 Å². The predicted octanol–water partition coefficient (Wildman–Crippen LogP) is 3.35. The summed E-state index contributed by atoms with van der Waals surface area (Å²) in [6.07, 6.45) is 0.836. The van der Waals surface area contributed by atoms with Gasteiger partial charge in [-0.2, -0.15) is 0 Å². The number of hydrogen-bond acceptors (Lipinski definition) is 5. The molecule has 0 spiro atoms. The Morgan fingerprint density at radius 3 is 2.69 bits per heavy atom. The molecule has 1 aliphatic heterocycles. The molecular weight excluding hydrogens is 348 g/mol. The Morgan fingerprint density at radius 2 is 1.96 bits per heavy atom. The van der Waals surface area contributed by atoms with Crippen molar-refractivity contribution in [2.75, 3.05) is 27.2 Å². The second-order valence-corrected chi connectivity index (χ2v) is 7.72. The summed E-state index contributed by atoms with van der Waals surface area (Å²) in [6, 6.07) is 10.7. The third-order valence-electron chi connectivity index (χ3n) is 4.69. The molecule has 0 saturated carbocycles. The maximum Gasteiger partial charge on any atom is 0.290 e. The van der Waals surface area contributed by atoms with Gasteiger partial charge in [0, 0.05) is 11.4 Å². The van der Waals surface area contributed by atoms with E-state index in [0.717, 1.165) is 17.8 Å². The minimum atomic E-state index is -0.361. The standard InChI is InChI=1S/C20H20N2O3S/c1-21(2)10-6-11-22-17(15-9-5-12-26-15)16-18(23)13-7-3-4-8-14(13)25-19(16)20(22)24/h3-5,7-9,12,17H,6,10-11H2,1-2H3/t17-/m0/s1. The summed E-state index contributed by atoms with van der Waals surface area (Å²) in [4.78, 5) is 31.1. The highest BCUT2D eigenvalue weighted by atomic mass is 32.1. The summed E-state index contributed by atoms with van der Waals surface area (Å²) in [5.74, 6) is -0.00281. The molecule has 26 heavy (non-hydrogen) atoms. The Bertz CT molecular complexity index is 1010. The van der Waals surface area contributed by atoms with E-state index in [1.165, 1.54) is 0 Å². The van der Waals surface area contributed by atoms with Crippen molar-refractivity contribution in [2.45, 2.75) is 12.5 Å². The monoisotopic (exact) mass is 368 g/mol. The van der Waals surface area contributed by atoms with E-state index < -0.39 is 0 Å². The minimum Gasteiger partial charge on any atom is -0.450 e. The molecule has 3 heterocycles. The average molecular weight is 368 g/mol. The highest BCUT2D eigenvalue weighted by Gasteiger charge is 2.42. The van der Waals surface area contributed by atoms with E-state index in [-0.39, 0.29) is 23.1 Å². The lowest BCUT2D eigenvalue weighted by Gasteiger charge is -2.24. The Kier molecular flexibility index (Phi) is 4.38. The van der Waals surface area contributed by atoms with Gasteiger partial charge in [-0.15, -0.1) is 11.3 Å². The Hall–Kier alpha value is -2.44. The molecule has 0 radical (unpaired) electrons. The first-order valence-corrected chi connectivity index (χ1v) is 9.50. The molecule has 4 rings (SSSR count). The summed E-state index contributed by atoms with van der Waals surface area (Å²) in [5, 5.41) is 2.49. The minimum absolute atomic E-state index is 0.108. The SMILES string of the molecule is CN(C)CCCN1C(=O)c2oc3ccccc3c(=O)c2[C@@H]1c1cccs1. The van der Waals surface area contributed by atoms with Gasteiger partial charge in [0.05, 0.1) is 17.0 Å². The number of thiophene rings is 1. The number of nitrogens with zero attached hydrogens (tertiary/aromatic N) is 2. The zero-order valence-electron chi connectivity index (χ0n) is 14.8. The smallest absolute Gasteiger partial charge is 0.290 e. The van der Waals surface area contributed by atoms with Crippen LogP contribution in [-0.2, 0) is 0 Å². The van der Waals surface area contributed by atoms with Crippen LogP contribution in [0.1, 0.15) is 33.5 Å². The molecule has 0 N–H and O–H groups in total. The normalized spacial score (nSPS) is 16.7. The Balaban J connectivity index is 1.84. The molecule has 5 nitrogen and oxygen atoms in total. The van der Waals surface area contributed by atoms with Gasteiger partial charge in [0.15, 0.2) is 5.43 Å². The summed E-state index contributed by atoms with van der Waals surface area (Å²) < 4.78 is 5.89. The third kappa shape index (κ3) is 2.75. The number of amides is 1. The maximum absolute atomic E-state index is 13.2. The van der Waals surface area contributed by atoms with Crippen molar-refractivity contribution in [3.05, 3.63) is 68.2 Å². The number of benzene rings is 1. The van der Waals surface area contributed by atoms with Crippen LogP contribution >= 0.6 is 11.3 Å². The van der Waals surface area contributed by atoms with Crippen LogP contribution < -0.4 is 5.43 Å². The number of rotatable bonds is 5.